The lowest BCUT2D eigenvalue weighted by Gasteiger charge is -2.09. The molecule has 238 valence electrons. The predicted molar refractivity (Wildman–Crippen MR) is 212 cm³/mol. The second kappa shape index (κ2) is 10.8. The molecular weight excluding hydrogens is 623 g/mol. The van der Waals surface area contributed by atoms with Crippen molar-refractivity contribution in [3.63, 3.8) is 0 Å². The third-order valence-electron chi connectivity index (χ3n) is 10.4. The van der Waals surface area contributed by atoms with E-state index in [4.69, 9.17) is 8.83 Å². The summed E-state index contributed by atoms with van der Waals surface area (Å²) < 4.78 is 15.7. The van der Waals surface area contributed by atoms with Gasteiger partial charge in [0.15, 0.2) is 5.58 Å². The zero-order valence-electron chi connectivity index (χ0n) is 27.5. The highest BCUT2D eigenvalue weighted by Gasteiger charge is 2.22. The van der Waals surface area contributed by atoms with Gasteiger partial charge in [-0.15, -0.1) is 0 Å². The molecular formula is C48H29NO2. The molecule has 11 rings (SSSR count). The monoisotopic (exact) mass is 651 g/mol. The molecule has 0 aliphatic carbocycles. The molecule has 0 saturated heterocycles. The molecule has 3 heteroatoms. The molecule has 3 nitrogen and oxygen atoms in total. The van der Waals surface area contributed by atoms with Crippen LogP contribution in [0.3, 0.4) is 0 Å². The van der Waals surface area contributed by atoms with E-state index in [1.165, 1.54) is 21.9 Å². The molecule has 51 heavy (non-hydrogen) atoms. The van der Waals surface area contributed by atoms with Crippen LogP contribution in [0, 0.1) is 0 Å². The predicted octanol–water partition coefficient (Wildman–Crippen LogP) is 13.6. The molecule has 3 heterocycles. The Labute approximate surface area is 293 Å². The highest BCUT2D eigenvalue weighted by Crippen LogP contribution is 2.45. The molecule has 0 aliphatic heterocycles. The van der Waals surface area contributed by atoms with Crippen molar-refractivity contribution in [2.75, 3.05) is 0 Å². The summed E-state index contributed by atoms with van der Waals surface area (Å²) in [6.07, 6.45) is 0. The van der Waals surface area contributed by atoms with Crippen molar-refractivity contribution in [3.05, 3.63) is 176 Å². The van der Waals surface area contributed by atoms with Crippen LogP contribution in [0.1, 0.15) is 0 Å². The molecule has 0 aliphatic rings. The van der Waals surface area contributed by atoms with Gasteiger partial charge in [0.05, 0.1) is 16.7 Å². The fraction of sp³-hybridized carbons (Fsp3) is 0. The zero-order valence-corrected chi connectivity index (χ0v) is 27.5. The first-order valence-electron chi connectivity index (χ1n) is 17.3. The van der Waals surface area contributed by atoms with Crippen molar-refractivity contribution in [1.29, 1.82) is 0 Å². The fourth-order valence-electron chi connectivity index (χ4n) is 8.09. The van der Waals surface area contributed by atoms with Crippen molar-refractivity contribution in [1.82, 2.24) is 4.57 Å². The van der Waals surface area contributed by atoms with Gasteiger partial charge in [0.2, 0.25) is 0 Å². The Balaban J connectivity index is 1.21. The van der Waals surface area contributed by atoms with Gasteiger partial charge < -0.3 is 13.4 Å². The van der Waals surface area contributed by atoms with Crippen LogP contribution in [0.15, 0.2) is 185 Å². The quantitative estimate of drug-likeness (QED) is 0.190. The van der Waals surface area contributed by atoms with Gasteiger partial charge in [0, 0.05) is 37.9 Å². The van der Waals surface area contributed by atoms with Gasteiger partial charge >= 0.3 is 0 Å². The van der Waals surface area contributed by atoms with Crippen LogP contribution in [-0.4, -0.2) is 4.57 Å². The van der Waals surface area contributed by atoms with E-state index < -0.39 is 0 Å². The van der Waals surface area contributed by atoms with Crippen molar-refractivity contribution in [2.24, 2.45) is 0 Å². The Morgan fingerprint density at radius 1 is 0.333 bits per heavy atom. The van der Waals surface area contributed by atoms with Gasteiger partial charge in [-0.25, -0.2) is 0 Å². The third kappa shape index (κ3) is 4.19. The Bertz CT molecular complexity index is 3130. The molecule has 0 unspecified atom stereocenters. The number of fused-ring (bicyclic) bond motifs is 9. The summed E-state index contributed by atoms with van der Waals surface area (Å²) in [6.45, 7) is 0. The highest BCUT2D eigenvalue weighted by molar-refractivity contribution is 6.19. The SMILES string of the molecule is c1ccc(-c2ccc3c(c2)c2ccccc2n3-c2cccc3c2oc2c(-c4ccccc4)ccc(-c4ccc5oc6ccccc6c5c4)c23)cc1. The zero-order chi connectivity index (χ0) is 33.5. The first-order valence-corrected chi connectivity index (χ1v) is 17.3. The lowest BCUT2D eigenvalue weighted by Crippen LogP contribution is -1.94. The van der Waals surface area contributed by atoms with Crippen LogP contribution >= 0.6 is 0 Å². The van der Waals surface area contributed by atoms with E-state index in [1.54, 1.807) is 0 Å². The molecule has 0 fully saturated rings. The number of hydrogen-bond donors (Lipinski definition) is 0. The molecule has 0 amide bonds. The normalized spacial score (nSPS) is 11.9. The van der Waals surface area contributed by atoms with Crippen LogP contribution in [-0.2, 0) is 0 Å². The molecule has 0 spiro atoms. The van der Waals surface area contributed by atoms with Crippen molar-refractivity contribution >= 4 is 65.7 Å². The van der Waals surface area contributed by atoms with Crippen LogP contribution in [0.2, 0.25) is 0 Å². The van der Waals surface area contributed by atoms with E-state index in [0.717, 1.165) is 82.9 Å². The largest absolute Gasteiger partial charge is 0.456 e. The number of hydrogen-bond acceptors (Lipinski definition) is 2. The molecule has 8 aromatic carbocycles. The number of rotatable bonds is 4. The van der Waals surface area contributed by atoms with E-state index in [-0.39, 0.29) is 0 Å². The average Bonchev–Trinajstić information content (AvgIpc) is 3.88. The lowest BCUT2D eigenvalue weighted by molar-refractivity contribution is 0.667. The topological polar surface area (TPSA) is 31.2 Å². The third-order valence-corrected chi connectivity index (χ3v) is 10.4. The van der Waals surface area contributed by atoms with Gasteiger partial charge in [-0.2, -0.15) is 0 Å². The molecule has 0 atom stereocenters. The maximum absolute atomic E-state index is 7.15. The Kier molecular flexibility index (Phi) is 5.96. The van der Waals surface area contributed by atoms with E-state index in [2.05, 4.69) is 168 Å². The van der Waals surface area contributed by atoms with Crippen LogP contribution in [0.25, 0.3) is 105 Å². The second-order valence-electron chi connectivity index (χ2n) is 13.2. The first kappa shape index (κ1) is 28.0. The van der Waals surface area contributed by atoms with E-state index in [1.807, 2.05) is 12.1 Å². The molecule has 11 aromatic rings. The van der Waals surface area contributed by atoms with E-state index in [9.17, 15) is 0 Å². The van der Waals surface area contributed by atoms with Gasteiger partial charge in [-0.1, -0.05) is 127 Å². The maximum Gasteiger partial charge on any atom is 0.159 e. The second-order valence-corrected chi connectivity index (χ2v) is 13.2. The standard InChI is InChI=1S/C48H29NO2/c1-3-12-30(13-4-1)32-22-26-42-39(28-32)36-16-7-9-19-41(36)49(42)43-20-11-18-38-46-34(24-25-35(48(46)51-47(38)43)31-14-5-2-6-15-31)33-23-27-45-40(29-33)37-17-8-10-21-44(37)50-45/h1-29H. The lowest BCUT2D eigenvalue weighted by atomic mass is 9.94. The van der Waals surface area contributed by atoms with Crippen molar-refractivity contribution in [2.45, 2.75) is 0 Å². The van der Waals surface area contributed by atoms with Crippen LogP contribution in [0.5, 0.6) is 0 Å². The average molecular weight is 652 g/mol. The van der Waals surface area contributed by atoms with Gasteiger partial charge in [0.1, 0.15) is 16.7 Å². The van der Waals surface area contributed by atoms with Gasteiger partial charge in [-0.05, 0) is 76.3 Å². The van der Waals surface area contributed by atoms with Gasteiger partial charge in [-0.3, -0.25) is 0 Å². The highest BCUT2D eigenvalue weighted by atomic mass is 16.3. The van der Waals surface area contributed by atoms with Crippen LogP contribution in [0.4, 0.5) is 0 Å². The van der Waals surface area contributed by atoms with Gasteiger partial charge in [0.25, 0.3) is 0 Å². The number of nitrogens with zero attached hydrogens (tertiary/aromatic N) is 1. The summed E-state index contributed by atoms with van der Waals surface area (Å²) in [6, 6.07) is 62.4. The minimum absolute atomic E-state index is 0.863. The summed E-state index contributed by atoms with van der Waals surface area (Å²) in [4.78, 5) is 0. The smallest absolute Gasteiger partial charge is 0.159 e. The summed E-state index contributed by atoms with van der Waals surface area (Å²) >= 11 is 0. The number of furan rings is 2. The van der Waals surface area contributed by atoms with Crippen molar-refractivity contribution < 1.29 is 8.83 Å². The fourth-order valence-corrected chi connectivity index (χ4v) is 8.09. The summed E-state index contributed by atoms with van der Waals surface area (Å²) in [5, 5.41) is 6.84. The van der Waals surface area contributed by atoms with Crippen molar-refractivity contribution in [3.8, 4) is 39.1 Å². The van der Waals surface area contributed by atoms with E-state index in [0.29, 0.717) is 0 Å². The Morgan fingerprint density at radius 2 is 0.980 bits per heavy atom. The van der Waals surface area contributed by atoms with E-state index >= 15 is 0 Å². The molecule has 0 radical (unpaired) electrons. The minimum Gasteiger partial charge on any atom is -0.456 e. The Hall–Kier alpha value is -6.84. The maximum atomic E-state index is 7.15. The van der Waals surface area contributed by atoms with Crippen LogP contribution < -0.4 is 0 Å². The summed E-state index contributed by atoms with van der Waals surface area (Å²) in [7, 11) is 0. The molecule has 0 N–H and O–H groups in total. The first-order chi connectivity index (χ1) is 25.3. The molecule has 0 saturated carbocycles. The number of aromatic nitrogens is 1. The summed E-state index contributed by atoms with van der Waals surface area (Å²) in [5.41, 5.74) is 13.7. The Morgan fingerprint density at radius 3 is 1.84 bits per heavy atom. The summed E-state index contributed by atoms with van der Waals surface area (Å²) in [5.74, 6) is 0. The number of benzene rings is 8. The number of para-hydroxylation sites is 3. The minimum atomic E-state index is 0.863. The molecule has 0 bridgehead atoms. The molecule has 3 aromatic heterocycles.